The van der Waals surface area contributed by atoms with Gasteiger partial charge in [0.1, 0.15) is 15.0 Å². The van der Waals surface area contributed by atoms with Gasteiger partial charge in [-0.1, -0.05) is 12.1 Å². The lowest BCUT2D eigenvalue weighted by atomic mass is 9.99. The number of aromatic nitrogens is 2. The number of aryl methyl sites for hydroxylation is 1. The van der Waals surface area contributed by atoms with Gasteiger partial charge in [0.15, 0.2) is 0 Å². The number of carbonyl (C=O) groups excluding carboxylic acids is 1. The van der Waals surface area contributed by atoms with Crippen molar-refractivity contribution in [3.05, 3.63) is 59.6 Å². The number of nitrogens with zero attached hydrogens (tertiary/aromatic N) is 3. The Kier molecular flexibility index (Phi) is 6.00. The molecular formula is C23H22N4O3S3. The number of pyridine rings is 1. The summed E-state index contributed by atoms with van der Waals surface area (Å²) in [6.45, 7) is 2.48. The number of fused-ring (bicyclic) bond motifs is 1. The maximum Gasteiger partial charge on any atom is 0.252 e. The van der Waals surface area contributed by atoms with Gasteiger partial charge in [0.2, 0.25) is 5.91 Å². The highest BCUT2D eigenvalue weighted by atomic mass is 32.2. The molecule has 10 heteroatoms. The summed E-state index contributed by atoms with van der Waals surface area (Å²) in [5.74, 6) is -0.184. The number of piperidine rings is 1. The van der Waals surface area contributed by atoms with Crippen molar-refractivity contribution in [1.29, 1.82) is 0 Å². The van der Waals surface area contributed by atoms with Crippen LogP contribution in [0, 0.1) is 12.8 Å². The van der Waals surface area contributed by atoms with Crippen molar-refractivity contribution in [1.82, 2.24) is 14.3 Å². The minimum atomic E-state index is -3.58. The molecule has 3 aromatic heterocycles. The van der Waals surface area contributed by atoms with E-state index < -0.39 is 15.9 Å². The highest BCUT2D eigenvalue weighted by Crippen LogP contribution is 2.31. The molecule has 33 heavy (non-hydrogen) atoms. The van der Waals surface area contributed by atoms with Gasteiger partial charge in [-0.15, -0.1) is 22.7 Å². The minimum absolute atomic E-state index is 0.175. The summed E-state index contributed by atoms with van der Waals surface area (Å²) < 4.78 is 28.8. The van der Waals surface area contributed by atoms with E-state index in [1.54, 1.807) is 35.7 Å². The van der Waals surface area contributed by atoms with Crippen LogP contribution in [0.1, 0.15) is 17.7 Å². The number of carbonyl (C=O) groups is 1. The number of benzene rings is 1. The molecule has 0 aliphatic carbocycles. The smallest absolute Gasteiger partial charge is 0.252 e. The Bertz CT molecular complexity index is 1380. The van der Waals surface area contributed by atoms with Gasteiger partial charge in [-0.05, 0) is 56.2 Å². The van der Waals surface area contributed by atoms with Crippen molar-refractivity contribution in [2.24, 2.45) is 5.92 Å². The normalized spacial score (nSPS) is 17.3. The van der Waals surface area contributed by atoms with E-state index in [2.05, 4.69) is 15.3 Å². The minimum Gasteiger partial charge on any atom is -0.310 e. The molecule has 4 aromatic rings. The van der Waals surface area contributed by atoms with E-state index in [1.165, 1.54) is 15.6 Å². The zero-order valence-electron chi connectivity index (χ0n) is 17.9. The summed E-state index contributed by atoms with van der Waals surface area (Å²) in [7, 11) is -3.58. The van der Waals surface area contributed by atoms with Crippen molar-refractivity contribution < 1.29 is 13.2 Å². The predicted octanol–water partition coefficient (Wildman–Crippen LogP) is 4.77. The van der Waals surface area contributed by atoms with Crippen LogP contribution < -0.4 is 5.32 Å². The third-order valence-electron chi connectivity index (χ3n) is 5.62. The van der Waals surface area contributed by atoms with Crippen LogP contribution in [0.3, 0.4) is 0 Å². The van der Waals surface area contributed by atoms with E-state index in [0.29, 0.717) is 29.4 Å². The Morgan fingerprint density at radius 2 is 1.97 bits per heavy atom. The highest BCUT2D eigenvalue weighted by molar-refractivity contribution is 7.91. The molecule has 1 unspecified atom stereocenters. The number of rotatable bonds is 5. The highest BCUT2D eigenvalue weighted by Gasteiger charge is 2.34. The molecule has 1 N–H and O–H groups in total. The van der Waals surface area contributed by atoms with E-state index in [0.717, 1.165) is 25.7 Å². The molecule has 1 atom stereocenters. The lowest BCUT2D eigenvalue weighted by Gasteiger charge is -2.30. The van der Waals surface area contributed by atoms with E-state index in [4.69, 9.17) is 0 Å². The molecule has 1 amide bonds. The predicted molar refractivity (Wildman–Crippen MR) is 132 cm³/mol. The molecule has 1 saturated heterocycles. The standard InChI is InChI=1S/C23H22N4O3S3/c1-15-8-11-21(31-15)33(29,30)27-12-4-5-17(14-27)22(28)26-20-10-9-16(13-24-20)23-25-18-6-2-3-7-19(18)32-23/h2-3,6-11,13,17H,4-5,12,14H2,1H3,(H,24,26,28). The van der Waals surface area contributed by atoms with Crippen molar-refractivity contribution in [2.45, 2.75) is 24.0 Å². The Labute approximate surface area is 200 Å². The maximum absolute atomic E-state index is 13.0. The first-order chi connectivity index (χ1) is 15.9. The fraction of sp³-hybridized carbons (Fsp3) is 0.261. The van der Waals surface area contributed by atoms with E-state index in [9.17, 15) is 13.2 Å². The molecule has 0 saturated carbocycles. The van der Waals surface area contributed by atoms with Crippen LogP contribution in [0.2, 0.25) is 0 Å². The van der Waals surface area contributed by atoms with Crippen molar-refractivity contribution in [3.8, 4) is 10.6 Å². The summed E-state index contributed by atoms with van der Waals surface area (Å²) >= 11 is 2.85. The molecule has 5 rings (SSSR count). The molecule has 0 spiro atoms. The molecule has 1 aliphatic rings. The lowest BCUT2D eigenvalue weighted by Crippen LogP contribution is -2.43. The fourth-order valence-corrected chi connectivity index (χ4v) is 7.79. The molecule has 1 fully saturated rings. The lowest BCUT2D eigenvalue weighted by molar-refractivity contribution is -0.120. The number of sulfonamides is 1. The zero-order valence-corrected chi connectivity index (χ0v) is 20.3. The average Bonchev–Trinajstić information content (AvgIpc) is 3.46. The van der Waals surface area contributed by atoms with Gasteiger partial charge in [0.05, 0.1) is 16.1 Å². The van der Waals surface area contributed by atoms with Crippen LogP contribution in [0.5, 0.6) is 0 Å². The second-order valence-electron chi connectivity index (χ2n) is 7.98. The number of nitrogens with one attached hydrogen (secondary N) is 1. The van der Waals surface area contributed by atoms with Crippen LogP contribution >= 0.6 is 22.7 Å². The maximum atomic E-state index is 13.0. The Morgan fingerprint density at radius 3 is 2.70 bits per heavy atom. The Balaban J connectivity index is 1.26. The summed E-state index contributed by atoms with van der Waals surface area (Å²) in [6.07, 6.45) is 2.99. The van der Waals surface area contributed by atoms with Gasteiger partial charge in [-0.25, -0.2) is 18.4 Å². The van der Waals surface area contributed by atoms with Gasteiger partial charge < -0.3 is 5.32 Å². The number of hydrogen-bond donors (Lipinski definition) is 1. The number of amides is 1. The largest absolute Gasteiger partial charge is 0.310 e. The van der Waals surface area contributed by atoms with E-state index >= 15 is 0 Å². The Hall–Kier alpha value is -2.66. The van der Waals surface area contributed by atoms with Gasteiger partial charge in [0, 0.05) is 29.7 Å². The molecular weight excluding hydrogens is 476 g/mol. The molecule has 4 heterocycles. The molecule has 0 radical (unpaired) electrons. The first kappa shape index (κ1) is 22.1. The van der Waals surface area contributed by atoms with Crippen molar-refractivity contribution >= 4 is 54.6 Å². The number of thiazole rings is 1. The summed E-state index contributed by atoms with van der Waals surface area (Å²) in [6, 6.07) is 15.0. The van der Waals surface area contributed by atoms with E-state index in [-0.39, 0.29) is 12.5 Å². The number of hydrogen-bond acceptors (Lipinski definition) is 7. The van der Waals surface area contributed by atoms with Crippen molar-refractivity contribution in [2.75, 3.05) is 18.4 Å². The summed E-state index contributed by atoms with van der Waals surface area (Å²) in [4.78, 5) is 22.8. The summed E-state index contributed by atoms with van der Waals surface area (Å²) in [5, 5.41) is 3.72. The zero-order chi connectivity index (χ0) is 23.0. The van der Waals surface area contributed by atoms with Crippen LogP contribution in [0.25, 0.3) is 20.8 Å². The topological polar surface area (TPSA) is 92.3 Å². The average molecular weight is 499 g/mol. The number of thiophene rings is 1. The van der Waals surface area contributed by atoms with Crippen LogP contribution in [0.4, 0.5) is 5.82 Å². The van der Waals surface area contributed by atoms with Crippen LogP contribution in [0.15, 0.2) is 58.9 Å². The monoisotopic (exact) mass is 498 g/mol. The quantitative estimate of drug-likeness (QED) is 0.428. The second kappa shape index (κ2) is 8.94. The molecule has 7 nitrogen and oxygen atoms in total. The van der Waals surface area contributed by atoms with Gasteiger partial charge >= 0.3 is 0 Å². The molecule has 0 bridgehead atoms. The number of anilines is 1. The molecule has 1 aliphatic heterocycles. The summed E-state index contributed by atoms with van der Waals surface area (Å²) in [5.41, 5.74) is 1.83. The third kappa shape index (κ3) is 4.56. The molecule has 1 aromatic carbocycles. The first-order valence-corrected chi connectivity index (χ1v) is 13.7. The van der Waals surface area contributed by atoms with E-state index in [1.807, 2.05) is 37.3 Å². The van der Waals surface area contributed by atoms with Gasteiger partial charge in [-0.3, -0.25) is 4.79 Å². The van der Waals surface area contributed by atoms with Gasteiger partial charge in [0.25, 0.3) is 10.0 Å². The third-order valence-corrected chi connectivity index (χ3v) is 10.0. The molecule has 170 valence electrons. The van der Waals surface area contributed by atoms with Gasteiger partial charge in [-0.2, -0.15) is 4.31 Å². The fourth-order valence-electron chi connectivity index (χ4n) is 3.87. The van der Waals surface area contributed by atoms with Crippen LogP contribution in [-0.2, 0) is 14.8 Å². The van der Waals surface area contributed by atoms with Crippen molar-refractivity contribution in [3.63, 3.8) is 0 Å². The Morgan fingerprint density at radius 1 is 1.12 bits per heavy atom. The number of para-hydroxylation sites is 1. The first-order valence-electron chi connectivity index (χ1n) is 10.6. The van der Waals surface area contributed by atoms with Crippen LogP contribution in [-0.4, -0.2) is 41.7 Å². The second-order valence-corrected chi connectivity index (χ2v) is 12.5. The SMILES string of the molecule is Cc1ccc(S(=O)(=O)N2CCCC(C(=O)Nc3ccc(-c4nc5ccccc5s4)cn3)C2)s1.